The largest absolute Gasteiger partial charge is 0.462 e. The Morgan fingerprint density at radius 3 is 2.63 bits per heavy atom. The number of hydrogen-bond donors (Lipinski definition) is 1. The topological polar surface area (TPSA) is 80.2 Å². The van der Waals surface area contributed by atoms with Gasteiger partial charge in [0.1, 0.15) is 0 Å². The Balaban J connectivity index is 1.57. The molecule has 0 aromatic heterocycles. The SMILES string of the molecule is C=CCN(C[C@@H]1CC(c2ccccc2)=NO1)C(=O)Nc1ccc(C(=O)OCC)cc1. The van der Waals surface area contributed by atoms with Gasteiger partial charge in [-0.05, 0) is 36.8 Å². The number of hydrogen-bond acceptors (Lipinski definition) is 5. The van der Waals surface area contributed by atoms with E-state index in [2.05, 4.69) is 17.1 Å². The Labute approximate surface area is 176 Å². The lowest BCUT2D eigenvalue weighted by atomic mass is 10.1. The lowest BCUT2D eigenvalue weighted by Gasteiger charge is -2.24. The van der Waals surface area contributed by atoms with Gasteiger partial charge in [0.2, 0.25) is 0 Å². The molecular weight excluding hydrogens is 382 g/mol. The van der Waals surface area contributed by atoms with Crippen molar-refractivity contribution in [3.63, 3.8) is 0 Å². The van der Waals surface area contributed by atoms with Crippen molar-refractivity contribution in [3.05, 3.63) is 78.4 Å². The molecule has 1 atom stereocenters. The van der Waals surface area contributed by atoms with Gasteiger partial charge in [0, 0.05) is 18.7 Å². The molecule has 3 rings (SSSR count). The second-order valence-corrected chi connectivity index (χ2v) is 6.76. The molecule has 0 saturated heterocycles. The van der Waals surface area contributed by atoms with Crippen molar-refractivity contribution in [2.45, 2.75) is 19.4 Å². The van der Waals surface area contributed by atoms with Crippen molar-refractivity contribution in [1.29, 1.82) is 0 Å². The molecule has 156 valence electrons. The van der Waals surface area contributed by atoms with Crippen LogP contribution < -0.4 is 5.32 Å². The highest BCUT2D eigenvalue weighted by atomic mass is 16.6. The molecule has 2 aromatic carbocycles. The fourth-order valence-corrected chi connectivity index (χ4v) is 3.08. The van der Waals surface area contributed by atoms with Crippen LogP contribution in [0.25, 0.3) is 0 Å². The zero-order valence-corrected chi connectivity index (χ0v) is 16.9. The monoisotopic (exact) mass is 407 g/mol. The average Bonchev–Trinajstić information content (AvgIpc) is 3.23. The molecule has 7 heteroatoms. The van der Waals surface area contributed by atoms with Crippen LogP contribution in [0.4, 0.5) is 10.5 Å². The lowest BCUT2D eigenvalue weighted by Crippen LogP contribution is -2.40. The van der Waals surface area contributed by atoms with Crippen molar-refractivity contribution in [3.8, 4) is 0 Å². The second kappa shape index (κ2) is 10.2. The molecule has 0 radical (unpaired) electrons. The number of carbonyl (C=O) groups is 2. The van der Waals surface area contributed by atoms with Gasteiger partial charge in [-0.15, -0.1) is 6.58 Å². The van der Waals surface area contributed by atoms with Crippen LogP contribution in [0.3, 0.4) is 0 Å². The first kappa shape index (κ1) is 21.1. The van der Waals surface area contributed by atoms with Crippen molar-refractivity contribution in [2.75, 3.05) is 25.0 Å². The molecule has 1 aliphatic rings. The van der Waals surface area contributed by atoms with Gasteiger partial charge < -0.3 is 19.8 Å². The van der Waals surface area contributed by atoms with Crippen molar-refractivity contribution < 1.29 is 19.2 Å². The molecule has 0 spiro atoms. The molecule has 30 heavy (non-hydrogen) atoms. The number of nitrogens with zero attached hydrogens (tertiary/aromatic N) is 2. The van der Waals surface area contributed by atoms with Gasteiger partial charge >= 0.3 is 12.0 Å². The van der Waals surface area contributed by atoms with Crippen LogP contribution >= 0.6 is 0 Å². The van der Waals surface area contributed by atoms with Crippen LogP contribution in [0.5, 0.6) is 0 Å². The molecule has 0 aliphatic carbocycles. The summed E-state index contributed by atoms with van der Waals surface area (Å²) in [6, 6.07) is 16.1. The van der Waals surface area contributed by atoms with E-state index in [1.807, 2.05) is 30.3 Å². The first-order valence-corrected chi connectivity index (χ1v) is 9.82. The Kier molecular flexibility index (Phi) is 7.21. The zero-order chi connectivity index (χ0) is 21.3. The molecule has 7 nitrogen and oxygen atoms in total. The summed E-state index contributed by atoms with van der Waals surface area (Å²) < 4.78 is 4.96. The second-order valence-electron chi connectivity index (χ2n) is 6.76. The fraction of sp³-hybridized carbons (Fsp3) is 0.261. The quantitative estimate of drug-likeness (QED) is 0.528. The molecular formula is C23H25N3O4. The van der Waals surface area contributed by atoms with Gasteiger partial charge in [-0.2, -0.15) is 0 Å². The van der Waals surface area contributed by atoms with E-state index in [1.54, 1.807) is 42.2 Å². The highest BCUT2D eigenvalue weighted by molar-refractivity contribution is 6.01. The van der Waals surface area contributed by atoms with E-state index in [9.17, 15) is 9.59 Å². The van der Waals surface area contributed by atoms with Gasteiger partial charge in [-0.3, -0.25) is 0 Å². The number of urea groups is 1. The highest BCUT2D eigenvalue weighted by Gasteiger charge is 2.26. The third kappa shape index (κ3) is 5.47. The summed E-state index contributed by atoms with van der Waals surface area (Å²) in [5, 5.41) is 7.01. The Morgan fingerprint density at radius 1 is 1.23 bits per heavy atom. The van der Waals surface area contributed by atoms with E-state index >= 15 is 0 Å². The molecule has 0 unspecified atom stereocenters. The van der Waals surface area contributed by atoms with E-state index in [0.717, 1.165) is 11.3 Å². The maximum Gasteiger partial charge on any atom is 0.338 e. The molecule has 0 fully saturated rings. The Bertz CT molecular complexity index is 910. The van der Waals surface area contributed by atoms with Crippen LogP contribution in [-0.2, 0) is 9.57 Å². The van der Waals surface area contributed by atoms with Crippen LogP contribution in [0.2, 0.25) is 0 Å². The van der Waals surface area contributed by atoms with E-state index in [-0.39, 0.29) is 12.1 Å². The van der Waals surface area contributed by atoms with Gasteiger partial charge in [0.25, 0.3) is 0 Å². The summed E-state index contributed by atoms with van der Waals surface area (Å²) in [6.07, 6.45) is 2.06. The van der Waals surface area contributed by atoms with Crippen LogP contribution in [0, 0.1) is 0 Å². The number of ether oxygens (including phenoxy) is 1. The number of anilines is 1. The van der Waals surface area contributed by atoms with Gasteiger partial charge in [0.15, 0.2) is 6.10 Å². The Hall–Kier alpha value is -3.61. The highest BCUT2D eigenvalue weighted by Crippen LogP contribution is 2.18. The first-order valence-electron chi connectivity index (χ1n) is 9.82. The van der Waals surface area contributed by atoms with Crippen LogP contribution in [0.15, 0.2) is 72.4 Å². The maximum absolute atomic E-state index is 12.7. The lowest BCUT2D eigenvalue weighted by molar-refractivity contribution is 0.0526. The fourth-order valence-electron chi connectivity index (χ4n) is 3.08. The molecule has 2 amide bonds. The number of esters is 1. The van der Waals surface area contributed by atoms with Gasteiger partial charge in [0.05, 0.1) is 24.4 Å². The zero-order valence-electron chi connectivity index (χ0n) is 16.9. The normalized spacial score (nSPS) is 15.0. The van der Waals surface area contributed by atoms with Gasteiger partial charge in [-0.25, -0.2) is 9.59 Å². The molecule has 2 aromatic rings. The molecule has 1 N–H and O–H groups in total. The third-order valence-electron chi connectivity index (χ3n) is 4.55. The molecule has 1 heterocycles. The first-order chi connectivity index (χ1) is 14.6. The number of oxime groups is 1. The van der Waals surface area contributed by atoms with E-state index in [1.165, 1.54) is 0 Å². The van der Waals surface area contributed by atoms with Crippen LogP contribution in [0.1, 0.15) is 29.3 Å². The van der Waals surface area contributed by atoms with E-state index in [0.29, 0.717) is 37.4 Å². The van der Waals surface area contributed by atoms with Gasteiger partial charge in [-0.1, -0.05) is 41.6 Å². The number of rotatable bonds is 8. The molecule has 0 bridgehead atoms. The summed E-state index contributed by atoms with van der Waals surface area (Å²) in [6.45, 7) is 6.54. The minimum atomic E-state index is -0.392. The van der Waals surface area contributed by atoms with Crippen molar-refractivity contribution >= 4 is 23.4 Å². The number of benzene rings is 2. The average molecular weight is 407 g/mol. The predicted molar refractivity (Wildman–Crippen MR) is 116 cm³/mol. The molecule has 0 saturated carbocycles. The minimum Gasteiger partial charge on any atom is -0.462 e. The predicted octanol–water partition coefficient (Wildman–Crippen LogP) is 4.08. The summed E-state index contributed by atoms with van der Waals surface area (Å²) in [5.41, 5.74) is 2.90. The third-order valence-corrected chi connectivity index (χ3v) is 4.55. The standard InChI is InChI=1S/C23H25N3O4/c1-3-14-26(16-20-15-21(25-30-20)17-8-6-5-7-9-17)23(28)24-19-12-10-18(11-13-19)22(27)29-4-2/h3,5-13,20H,1,4,14-16H2,2H3,(H,24,28)/t20-/m0/s1. The number of carbonyl (C=O) groups excluding carboxylic acids is 2. The summed E-state index contributed by atoms with van der Waals surface area (Å²) in [5.74, 6) is -0.392. The number of amides is 2. The van der Waals surface area contributed by atoms with E-state index in [4.69, 9.17) is 9.57 Å². The van der Waals surface area contributed by atoms with Crippen LogP contribution in [-0.4, -0.2) is 48.4 Å². The number of nitrogens with one attached hydrogen (secondary N) is 1. The summed E-state index contributed by atoms with van der Waals surface area (Å²) in [4.78, 5) is 31.6. The summed E-state index contributed by atoms with van der Waals surface area (Å²) >= 11 is 0. The summed E-state index contributed by atoms with van der Waals surface area (Å²) in [7, 11) is 0. The molecule has 1 aliphatic heterocycles. The van der Waals surface area contributed by atoms with E-state index < -0.39 is 5.97 Å². The van der Waals surface area contributed by atoms with Crippen molar-refractivity contribution in [2.24, 2.45) is 5.16 Å². The maximum atomic E-state index is 12.7. The van der Waals surface area contributed by atoms with Crippen molar-refractivity contribution in [1.82, 2.24) is 4.90 Å². The smallest absolute Gasteiger partial charge is 0.338 e. The minimum absolute atomic E-state index is 0.225. The Morgan fingerprint density at radius 2 is 1.97 bits per heavy atom.